The fourth-order valence-corrected chi connectivity index (χ4v) is 4.15. The highest BCUT2D eigenvalue weighted by Gasteiger charge is 2.49. The second kappa shape index (κ2) is 2.56. The van der Waals surface area contributed by atoms with Gasteiger partial charge in [0.05, 0.1) is 5.60 Å². The Labute approximate surface area is 76.2 Å². The molecule has 1 aliphatic heterocycles. The summed E-state index contributed by atoms with van der Waals surface area (Å²) in [5.74, 6) is 0. The summed E-state index contributed by atoms with van der Waals surface area (Å²) in [4.78, 5) is 9.86. The summed E-state index contributed by atoms with van der Waals surface area (Å²) in [6, 6.07) is 0.865. The van der Waals surface area contributed by atoms with E-state index in [1.165, 1.54) is 0 Å². The van der Waals surface area contributed by atoms with E-state index < -0.39 is 8.56 Å². The van der Waals surface area contributed by atoms with Crippen LogP contribution in [0, 0.1) is 5.41 Å². The molecule has 0 spiro atoms. The molecule has 0 amide bonds. The predicted octanol–water partition coefficient (Wildman–Crippen LogP) is 2.28. The standard InChI is InChI=1S/C9H20O2Si/c1-8(2)6-7-12(5,10)11-9(8,3)4/h10H,6-7H2,1-5H3. The quantitative estimate of drug-likeness (QED) is 0.591. The highest BCUT2D eigenvalue weighted by molar-refractivity contribution is 6.64. The van der Waals surface area contributed by atoms with Crippen LogP contribution in [0.2, 0.25) is 12.6 Å². The van der Waals surface area contributed by atoms with Crippen molar-refractivity contribution in [3.63, 3.8) is 0 Å². The van der Waals surface area contributed by atoms with Gasteiger partial charge in [-0.2, -0.15) is 0 Å². The molecule has 1 saturated heterocycles. The Morgan fingerprint density at radius 3 is 2.08 bits per heavy atom. The molecule has 0 bridgehead atoms. The predicted molar refractivity (Wildman–Crippen MR) is 52.2 cm³/mol. The second-order valence-electron chi connectivity index (χ2n) is 5.17. The van der Waals surface area contributed by atoms with Crippen molar-refractivity contribution in [2.45, 2.75) is 52.3 Å². The summed E-state index contributed by atoms with van der Waals surface area (Å²) in [6.07, 6.45) is 1.07. The zero-order valence-electron chi connectivity index (χ0n) is 8.77. The summed E-state index contributed by atoms with van der Waals surface area (Å²) < 4.78 is 5.77. The number of rotatable bonds is 0. The number of hydrogen-bond donors (Lipinski definition) is 1. The minimum atomic E-state index is -2.31. The van der Waals surface area contributed by atoms with E-state index in [2.05, 4.69) is 27.7 Å². The van der Waals surface area contributed by atoms with E-state index in [4.69, 9.17) is 4.43 Å². The van der Waals surface area contributed by atoms with Gasteiger partial charge >= 0.3 is 8.56 Å². The molecule has 0 saturated carbocycles. The van der Waals surface area contributed by atoms with Gasteiger partial charge in [-0.3, -0.25) is 0 Å². The molecule has 1 rings (SSSR count). The fourth-order valence-electron chi connectivity index (χ4n) is 1.58. The molecule has 0 aromatic heterocycles. The maximum Gasteiger partial charge on any atom is 0.332 e. The van der Waals surface area contributed by atoms with E-state index >= 15 is 0 Å². The van der Waals surface area contributed by atoms with E-state index in [9.17, 15) is 4.80 Å². The van der Waals surface area contributed by atoms with Gasteiger partial charge in [0.1, 0.15) is 0 Å². The van der Waals surface area contributed by atoms with Gasteiger partial charge in [0.15, 0.2) is 0 Å². The third-order valence-electron chi connectivity index (χ3n) is 3.32. The molecule has 2 nitrogen and oxygen atoms in total. The third kappa shape index (κ3) is 1.73. The van der Waals surface area contributed by atoms with E-state index in [0.717, 1.165) is 12.5 Å². The van der Waals surface area contributed by atoms with Crippen molar-refractivity contribution in [2.24, 2.45) is 5.41 Å². The maximum absolute atomic E-state index is 9.86. The summed E-state index contributed by atoms with van der Waals surface area (Å²) in [5, 5.41) is 0. The van der Waals surface area contributed by atoms with Crippen LogP contribution in [0.3, 0.4) is 0 Å². The molecule has 1 aliphatic rings. The van der Waals surface area contributed by atoms with Crippen molar-refractivity contribution in [1.82, 2.24) is 0 Å². The minimum Gasteiger partial charge on any atom is -0.411 e. The fraction of sp³-hybridized carbons (Fsp3) is 1.00. The first kappa shape index (κ1) is 10.2. The van der Waals surface area contributed by atoms with Crippen LogP contribution >= 0.6 is 0 Å². The van der Waals surface area contributed by atoms with Crippen molar-refractivity contribution < 1.29 is 9.22 Å². The first-order chi connectivity index (χ1) is 5.16. The van der Waals surface area contributed by atoms with Crippen LogP contribution in [-0.2, 0) is 4.43 Å². The van der Waals surface area contributed by atoms with Crippen LogP contribution in [0.25, 0.3) is 0 Å². The second-order valence-corrected chi connectivity index (χ2v) is 8.23. The van der Waals surface area contributed by atoms with Crippen molar-refractivity contribution >= 4 is 8.56 Å². The van der Waals surface area contributed by atoms with Gasteiger partial charge in [0.2, 0.25) is 0 Å². The Balaban J connectivity index is 2.82. The molecule has 1 N–H and O–H groups in total. The lowest BCUT2D eigenvalue weighted by atomic mass is 9.75. The highest BCUT2D eigenvalue weighted by Crippen LogP contribution is 2.45. The van der Waals surface area contributed by atoms with Crippen LogP contribution in [0.4, 0.5) is 0 Å². The molecule has 1 unspecified atom stereocenters. The molecule has 12 heavy (non-hydrogen) atoms. The first-order valence-electron chi connectivity index (χ1n) is 4.59. The van der Waals surface area contributed by atoms with Gasteiger partial charge in [-0.25, -0.2) is 0 Å². The molecular formula is C9H20O2Si. The average Bonchev–Trinajstić information content (AvgIpc) is 1.79. The average molecular weight is 188 g/mol. The largest absolute Gasteiger partial charge is 0.411 e. The van der Waals surface area contributed by atoms with Crippen LogP contribution in [0.15, 0.2) is 0 Å². The van der Waals surface area contributed by atoms with Gasteiger partial charge in [-0.1, -0.05) is 13.8 Å². The molecule has 0 radical (unpaired) electrons. The summed E-state index contributed by atoms with van der Waals surface area (Å²) in [5.41, 5.74) is 0.00319. The monoisotopic (exact) mass is 188 g/mol. The Kier molecular flexibility index (Phi) is 2.18. The molecule has 0 aromatic carbocycles. The normalized spacial score (nSPS) is 39.5. The van der Waals surface area contributed by atoms with E-state index in [1.54, 1.807) is 0 Å². The molecule has 1 heterocycles. The van der Waals surface area contributed by atoms with Gasteiger partial charge in [0.25, 0.3) is 0 Å². The zero-order valence-corrected chi connectivity index (χ0v) is 9.77. The summed E-state index contributed by atoms with van der Waals surface area (Å²) >= 11 is 0. The SMILES string of the molecule is CC1(C)CC[Si](C)(O)OC1(C)C. The van der Waals surface area contributed by atoms with E-state index in [0.29, 0.717) is 0 Å². The van der Waals surface area contributed by atoms with Crippen LogP contribution < -0.4 is 0 Å². The Bertz CT molecular complexity index is 185. The third-order valence-corrected chi connectivity index (χ3v) is 5.45. The lowest BCUT2D eigenvalue weighted by Crippen LogP contribution is -2.56. The molecular weight excluding hydrogens is 168 g/mol. The van der Waals surface area contributed by atoms with Crippen molar-refractivity contribution in [1.29, 1.82) is 0 Å². The van der Waals surface area contributed by atoms with Gasteiger partial charge < -0.3 is 9.22 Å². The lowest BCUT2D eigenvalue weighted by Gasteiger charge is -2.50. The summed E-state index contributed by atoms with van der Waals surface area (Å²) in [6.45, 7) is 10.4. The van der Waals surface area contributed by atoms with Crippen LogP contribution in [-0.4, -0.2) is 19.0 Å². The van der Waals surface area contributed by atoms with Crippen molar-refractivity contribution in [3.8, 4) is 0 Å². The molecule has 0 aromatic rings. The Morgan fingerprint density at radius 2 is 1.75 bits per heavy atom. The molecule has 1 atom stereocenters. The molecule has 1 fully saturated rings. The Morgan fingerprint density at radius 1 is 1.25 bits per heavy atom. The number of hydrogen-bond acceptors (Lipinski definition) is 2. The van der Waals surface area contributed by atoms with Gasteiger partial charge in [-0.05, 0) is 38.3 Å². The lowest BCUT2D eigenvalue weighted by molar-refractivity contribution is -0.0570. The van der Waals surface area contributed by atoms with Crippen molar-refractivity contribution in [2.75, 3.05) is 0 Å². The van der Waals surface area contributed by atoms with E-state index in [-0.39, 0.29) is 11.0 Å². The molecule has 3 heteroatoms. The smallest absolute Gasteiger partial charge is 0.332 e. The molecule has 0 aliphatic carbocycles. The highest BCUT2D eigenvalue weighted by atomic mass is 28.4. The van der Waals surface area contributed by atoms with Gasteiger partial charge in [-0.15, -0.1) is 0 Å². The molecule has 72 valence electrons. The summed E-state index contributed by atoms with van der Waals surface area (Å²) in [7, 11) is -2.31. The zero-order chi connectivity index (χ0) is 9.62. The minimum absolute atomic E-state index is 0.180. The van der Waals surface area contributed by atoms with Crippen LogP contribution in [0.5, 0.6) is 0 Å². The van der Waals surface area contributed by atoms with E-state index in [1.807, 2.05) is 6.55 Å². The first-order valence-corrected chi connectivity index (χ1v) is 7.15. The van der Waals surface area contributed by atoms with Crippen molar-refractivity contribution in [3.05, 3.63) is 0 Å². The van der Waals surface area contributed by atoms with Gasteiger partial charge in [0, 0.05) is 0 Å². The Hall–Kier alpha value is 0.137. The maximum atomic E-state index is 9.86. The topological polar surface area (TPSA) is 29.5 Å². The van der Waals surface area contributed by atoms with Crippen LogP contribution in [0.1, 0.15) is 34.1 Å².